The molecule has 0 atom stereocenters. The Bertz CT molecular complexity index is 746. The molecule has 0 N–H and O–H groups in total. The van der Waals surface area contributed by atoms with Crippen molar-refractivity contribution in [2.45, 2.75) is 50.9 Å². The highest BCUT2D eigenvalue weighted by Crippen LogP contribution is 2.33. The third kappa shape index (κ3) is 4.60. The van der Waals surface area contributed by atoms with Gasteiger partial charge < -0.3 is 8.94 Å². The van der Waals surface area contributed by atoms with Crippen molar-refractivity contribution >= 4 is 9.84 Å². The highest BCUT2D eigenvalue weighted by molar-refractivity contribution is 7.90. The van der Waals surface area contributed by atoms with Crippen molar-refractivity contribution < 1.29 is 17.4 Å². The smallest absolute Gasteiger partial charge is 0.227 e. The van der Waals surface area contributed by atoms with Crippen molar-refractivity contribution in [2.24, 2.45) is 0 Å². The summed E-state index contributed by atoms with van der Waals surface area (Å²) < 4.78 is 33.0. The van der Waals surface area contributed by atoms with Crippen molar-refractivity contribution in [1.82, 2.24) is 20.3 Å². The van der Waals surface area contributed by atoms with E-state index in [4.69, 9.17) is 8.94 Å². The Balaban J connectivity index is 1.51. The Hall–Kier alpha value is -1.77. The molecule has 126 valence electrons. The Labute approximate surface area is 134 Å². The molecule has 2 aromatic rings. The maximum Gasteiger partial charge on any atom is 0.227 e. The van der Waals surface area contributed by atoms with E-state index in [1.165, 1.54) is 19.1 Å². The fraction of sp³-hybridized carbons (Fsp3) is 0.714. The standard InChI is InChI=1S/C14H20N4O4S/c1-23(19,20)9-8-11-15-12(22-18-11)6-7-13-16-17-14(21-13)10-4-2-3-5-10/h10H,2-9H2,1H3. The van der Waals surface area contributed by atoms with Crippen LogP contribution < -0.4 is 0 Å². The quantitative estimate of drug-likeness (QED) is 0.745. The molecule has 1 aliphatic carbocycles. The van der Waals surface area contributed by atoms with Crippen LogP contribution in [0.2, 0.25) is 0 Å². The molecule has 1 saturated carbocycles. The van der Waals surface area contributed by atoms with Crippen LogP contribution in [0.15, 0.2) is 8.94 Å². The molecule has 0 bridgehead atoms. The van der Waals surface area contributed by atoms with E-state index < -0.39 is 9.84 Å². The predicted octanol–water partition coefficient (Wildman–Crippen LogP) is 1.48. The van der Waals surface area contributed by atoms with Crippen LogP contribution in [0, 0.1) is 0 Å². The van der Waals surface area contributed by atoms with Crippen LogP contribution >= 0.6 is 0 Å². The number of hydrogen-bond acceptors (Lipinski definition) is 8. The zero-order valence-corrected chi connectivity index (χ0v) is 13.9. The molecule has 3 rings (SSSR count). The second kappa shape index (κ2) is 6.77. The number of sulfone groups is 1. The van der Waals surface area contributed by atoms with E-state index in [9.17, 15) is 8.42 Å². The van der Waals surface area contributed by atoms with Gasteiger partial charge in [0.05, 0.1) is 5.75 Å². The molecule has 1 fully saturated rings. The number of nitrogens with zero attached hydrogens (tertiary/aromatic N) is 4. The third-order valence-electron chi connectivity index (χ3n) is 3.95. The summed E-state index contributed by atoms with van der Waals surface area (Å²) in [6, 6.07) is 0. The number of aromatic nitrogens is 4. The van der Waals surface area contributed by atoms with Gasteiger partial charge in [-0.15, -0.1) is 10.2 Å². The Kier molecular flexibility index (Phi) is 4.74. The maximum atomic E-state index is 11.1. The summed E-state index contributed by atoms with van der Waals surface area (Å²) in [5, 5.41) is 12.0. The van der Waals surface area contributed by atoms with Gasteiger partial charge in [-0.25, -0.2) is 8.42 Å². The first-order valence-electron chi connectivity index (χ1n) is 7.81. The second-order valence-electron chi connectivity index (χ2n) is 6.00. The highest BCUT2D eigenvalue weighted by atomic mass is 32.2. The van der Waals surface area contributed by atoms with E-state index in [-0.39, 0.29) is 12.2 Å². The van der Waals surface area contributed by atoms with Crippen LogP contribution in [0.4, 0.5) is 0 Å². The Morgan fingerprint density at radius 2 is 1.83 bits per heavy atom. The average molecular weight is 340 g/mol. The minimum atomic E-state index is -3.03. The van der Waals surface area contributed by atoms with Crippen molar-refractivity contribution in [1.29, 1.82) is 0 Å². The van der Waals surface area contributed by atoms with Gasteiger partial charge in [0.2, 0.25) is 17.7 Å². The minimum absolute atomic E-state index is 0.0143. The van der Waals surface area contributed by atoms with Crippen molar-refractivity contribution in [3.8, 4) is 0 Å². The molecular weight excluding hydrogens is 320 g/mol. The van der Waals surface area contributed by atoms with Gasteiger partial charge in [0.15, 0.2) is 5.82 Å². The van der Waals surface area contributed by atoms with Gasteiger partial charge in [-0.2, -0.15) is 4.98 Å². The van der Waals surface area contributed by atoms with Gasteiger partial charge in [0.1, 0.15) is 9.84 Å². The number of aryl methyl sites for hydroxylation is 3. The molecule has 0 aliphatic heterocycles. The molecule has 0 aromatic carbocycles. The molecule has 0 saturated heterocycles. The SMILES string of the molecule is CS(=O)(=O)CCc1noc(CCc2nnc(C3CCCC3)o2)n1. The lowest BCUT2D eigenvalue weighted by Gasteiger charge is -2.00. The zero-order chi connectivity index (χ0) is 16.3. The van der Waals surface area contributed by atoms with Crippen molar-refractivity contribution in [3.63, 3.8) is 0 Å². The molecule has 1 aliphatic rings. The van der Waals surface area contributed by atoms with E-state index >= 15 is 0 Å². The van der Waals surface area contributed by atoms with Crippen molar-refractivity contribution in [2.75, 3.05) is 12.0 Å². The predicted molar refractivity (Wildman–Crippen MR) is 80.6 cm³/mol. The fourth-order valence-electron chi connectivity index (χ4n) is 2.69. The van der Waals surface area contributed by atoms with Crippen LogP contribution in [0.1, 0.15) is 55.1 Å². The molecule has 2 heterocycles. The molecule has 0 unspecified atom stereocenters. The lowest BCUT2D eigenvalue weighted by Crippen LogP contribution is -2.06. The largest absolute Gasteiger partial charge is 0.425 e. The van der Waals surface area contributed by atoms with Gasteiger partial charge in [-0.05, 0) is 12.8 Å². The maximum absolute atomic E-state index is 11.1. The van der Waals surface area contributed by atoms with E-state index in [0.29, 0.717) is 36.4 Å². The van der Waals surface area contributed by atoms with Gasteiger partial charge in [0.25, 0.3) is 0 Å². The van der Waals surface area contributed by atoms with Gasteiger partial charge in [-0.1, -0.05) is 18.0 Å². The molecule has 0 spiro atoms. The van der Waals surface area contributed by atoms with Gasteiger partial charge in [-0.3, -0.25) is 0 Å². The Morgan fingerprint density at radius 1 is 1.09 bits per heavy atom. The first-order valence-corrected chi connectivity index (χ1v) is 9.87. The van der Waals surface area contributed by atoms with Gasteiger partial charge in [0, 0.05) is 31.4 Å². The highest BCUT2D eigenvalue weighted by Gasteiger charge is 2.22. The molecule has 23 heavy (non-hydrogen) atoms. The number of hydrogen-bond donors (Lipinski definition) is 0. The van der Waals surface area contributed by atoms with E-state index in [0.717, 1.165) is 18.7 Å². The summed E-state index contributed by atoms with van der Waals surface area (Å²) >= 11 is 0. The minimum Gasteiger partial charge on any atom is -0.425 e. The Morgan fingerprint density at radius 3 is 2.57 bits per heavy atom. The van der Waals surface area contributed by atoms with E-state index in [2.05, 4.69) is 20.3 Å². The third-order valence-corrected chi connectivity index (χ3v) is 4.89. The molecule has 2 aromatic heterocycles. The lowest BCUT2D eigenvalue weighted by atomic mass is 10.1. The van der Waals surface area contributed by atoms with E-state index in [1.54, 1.807) is 0 Å². The number of rotatable bonds is 7. The molecule has 8 nitrogen and oxygen atoms in total. The van der Waals surface area contributed by atoms with Crippen LogP contribution in [-0.2, 0) is 29.1 Å². The normalized spacial score (nSPS) is 16.2. The molecule has 0 radical (unpaired) electrons. The molecule has 9 heteroatoms. The summed E-state index contributed by atoms with van der Waals surface area (Å²) in [6.07, 6.45) is 7.16. The molecule has 0 amide bonds. The van der Waals surface area contributed by atoms with Crippen LogP contribution in [0.3, 0.4) is 0 Å². The zero-order valence-electron chi connectivity index (χ0n) is 13.1. The summed E-state index contributed by atoms with van der Waals surface area (Å²) in [6.45, 7) is 0. The summed E-state index contributed by atoms with van der Waals surface area (Å²) in [4.78, 5) is 4.18. The molecular formula is C14H20N4O4S. The van der Waals surface area contributed by atoms with Crippen LogP contribution in [0.25, 0.3) is 0 Å². The van der Waals surface area contributed by atoms with Gasteiger partial charge >= 0.3 is 0 Å². The van der Waals surface area contributed by atoms with E-state index in [1.807, 2.05) is 0 Å². The monoisotopic (exact) mass is 340 g/mol. The summed E-state index contributed by atoms with van der Waals surface area (Å²) in [5.74, 6) is 2.58. The second-order valence-corrected chi connectivity index (χ2v) is 8.26. The first-order chi connectivity index (χ1) is 11.0. The van der Waals surface area contributed by atoms with Crippen molar-refractivity contribution in [3.05, 3.63) is 23.5 Å². The summed E-state index contributed by atoms with van der Waals surface area (Å²) in [5.41, 5.74) is 0. The van der Waals surface area contributed by atoms with Crippen LogP contribution in [-0.4, -0.2) is 40.8 Å². The fourth-order valence-corrected chi connectivity index (χ4v) is 3.24. The van der Waals surface area contributed by atoms with Crippen LogP contribution in [0.5, 0.6) is 0 Å². The lowest BCUT2D eigenvalue weighted by molar-refractivity contribution is 0.363. The first kappa shape index (κ1) is 16.1. The average Bonchev–Trinajstić information content (AvgIpc) is 3.22. The topological polar surface area (TPSA) is 112 Å². The summed E-state index contributed by atoms with van der Waals surface area (Å²) in [7, 11) is -3.03.